The highest BCUT2D eigenvalue weighted by molar-refractivity contribution is 7.89. The van der Waals surface area contributed by atoms with Gasteiger partial charge in [-0.25, -0.2) is 13.4 Å². The summed E-state index contributed by atoms with van der Waals surface area (Å²) in [5.41, 5.74) is 0. The van der Waals surface area contributed by atoms with E-state index in [9.17, 15) is 13.2 Å². The van der Waals surface area contributed by atoms with Crippen molar-refractivity contribution in [2.45, 2.75) is 44.6 Å². The van der Waals surface area contributed by atoms with Gasteiger partial charge in [0.15, 0.2) is 5.03 Å². The Balaban J connectivity index is 1.36. The van der Waals surface area contributed by atoms with E-state index in [2.05, 4.69) is 34.0 Å². The minimum atomic E-state index is -3.53. The van der Waals surface area contributed by atoms with Crippen LogP contribution >= 0.6 is 0 Å². The van der Waals surface area contributed by atoms with Gasteiger partial charge in [-0.15, -0.1) is 0 Å². The summed E-state index contributed by atoms with van der Waals surface area (Å²) < 4.78 is 26.4. The van der Waals surface area contributed by atoms with Crippen LogP contribution in [0.15, 0.2) is 17.6 Å². The van der Waals surface area contributed by atoms with Crippen LogP contribution in [-0.2, 0) is 14.8 Å². The molecule has 2 fully saturated rings. The van der Waals surface area contributed by atoms with Crippen molar-refractivity contribution < 1.29 is 13.2 Å². The van der Waals surface area contributed by atoms with Crippen molar-refractivity contribution in [2.75, 3.05) is 39.3 Å². The van der Waals surface area contributed by atoms with Crippen molar-refractivity contribution in [3.63, 3.8) is 0 Å². The summed E-state index contributed by atoms with van der Waals surface area (Å²) >= 11 is 0. The standard InChI is InChI=1S/C19H33N5O3S/c1-15-10-16(2)13-23(12-15)7-3-6-21-19(25)17-4-8-24(9-5-17)28(26,27)18-11-20-14-22-18/h11,14-17H,3-10,12-13H2,1-2H3,(H,20,22)(H,21,25)/t15-,16+. The summed E-state index contributed by atoms with van der Waals surface area (Å²) in [7, 11) is -3.53. The number of carbonyl (C=O) groups excluding carboxylic acids is 1. The number of piperidine rings is 2. The molecule has 1 aromatic rings. The average molecular weight is 412 g/mol. The Morgan fingerprint density at radius 1 is 1.25 bits per heavy atom. The second-order valence-electron chi connectivity index (χ2n) is 8.44. The van der Waals surface area contributed by atoms with Gasteiger partial charge in [0.25, 0.3) is 10.0 Å². The number of likely N-dealkylation sites (tertiary alicyclic amines) is 1. The van der Waals surface area contributed by atoms with Gasteiger partial charge in [0.05, 0.1) is 12.5 Å². The lowest BCUT2D eigenvalue weighted by atomic mass is 9.92. The van der Waals surface area contributed by atoms with Gasteiger partial charge in [-0.2, -0.15) is 4.31 Å². The van der Waals surface area contributed by atoms with Crippen molar-refractivity contribution in [2.24, 2.45) is 17.8 Å². The summed E-state index contributed by atoms with van der Waals surface area (Å²) in [6.45, 7) is 9.36. The van der Waals surface area contributed by atoms with Crippen LogP contribution in [0.4, 0.5) is 0 Å². The summed E-state index contributed by atoms with van der Waals surface area (Å²) in [4.78, 5) is 21.4. The molecule has 2 aliphatic heterocycles. The van der Waals surface area contributed by atoms with Crippen LogP contribution < -0.4 is 5.32 Å². The predicted molar refractivity (Wildman–Crippen MR) is 107 cm³/mol. The maximum Gasteiger partial charge on any atom is 0.260 e. The van der Waals surface area contributed by atoms with Crippen LogP contribution in [0.3, 0.4) is 0 Å². The largest absolute Gasteiger partial charge is 0.356 e. The summed E-state index contributed by atoms with van der Waals surface area (Å²) in [5.74, 6) is 1.45. The van der Waals surface area contributed by atoms with E-state index < -0.39 is 10.0 Å². The zero-order chi connectivity index (χ0) is 20.1. The predicted octanol–water partition coefficient (Wildman–Crippen LogP) is 1.29. The Morgan fingerprint density at radius 3 is 2.54 bits per heavy atom. The number of sulfonamides is 1. The first-order valence-corrected chi connectivity index (χ1v) is 11.8. The first-order chi connectivity index (χ1) is 13.4. The van der Waals surface area contributed by atoms with Gasteiger partial charge >= 0.3 is 0 Å². The van der Waals surface area contributed by atoms with Crippen LogP contribution in [0, 0.1) is 17.8 Å². The smallest absolute Gasteiger partial charge is 0.260 e. The number of imidazole rings is 1. The first-order valence-electron chi connectivity index (χ1n) is 10.3. The quantitative estimate of drug-likeness (QED) is 0.659. The van der Waals surface area contributed by atoms with Gasteiger partial charge in [0.2, 0.25) is 5.91 Å². The van der Waals surface area contributed by atoms with Gasteiger partial charge in [-0.3, -0.25) is 4.79 Å². The third-order valence-electron chi connectivity index (χ3n) is 5.81. The Kier molecular flexibility index (Phi) is 7.11. The topological polar surface area (TPSA) is 98.4 Å². The fraction of sp³-hybridized carbons (Fsp3) is 0.789. The molecule has 2 N–H and O–H groups in total. The highest BCUT2D eigenvalue weighted by atomic mass is 32.2. The van der Waals surface area contributed by atoms with E-state index in [0.29, 0.717) is 32.5 Å². The second kappa shape index (κ2) is 9.37. The highest BCUT2D eigenvalue weighted by Gasteiger charge is 2.32. The fourth-order valence-corrected chi connectivity index (χ4v) is 5.88. The highest BCUT2D eigenvalue weighted by Crippen LogP contribution is 2.23. The van der Waals surface area contributed by atoms with Crippen LogP contribution in [0.2, 0.25) is 0 Å². The number of nitrogens with one attached hydrogen (secondary N) is 2. The van der Waals surface area contributed by atoms with E-state index in [4.69, 9.17) is 0 Å². The van der Waals surface area contributed by atoms with Crippen molar-refractivity contribution in [3.05, 3.63) is 12.5 Å². The maximum atomic E-state index is 12.5. The van der Waals surface area contributed by atoms with Gasteiger partial charge in [-0.1, -0.05) is 13.8 Å². The molecule has 8 nitrogen and oxygen atoms in total. The molecule has 1 amide bonds. The molecule has 3 heterocycles. The molecule has 2 atom stereocenters. The van der Waals surface area contributed by atoms with E-state index in [0.717, 1.165) is 37.9 Å². The summed E-state index contributed by atoms with van der Waals surface area (Å²) in [5, 5.41) is 3.15. The molecule has 1 aromatic heterocycles. The number of H-pyrrole nitrogens is 1. The number of nitrogens with zero attached hydrogens (tertiary/aromatic N) is 3. The summed E-state index contributed by atoms with van der Waals surface area (Å²) in [6.07, 6.45) is 6.05. The van der Waals surface area contributed by atoms with Gasteiger partial charge < -0.3 is 15.2 Å². The number of aromatic amines is 1. The zero-order valence-corrected chi connectivity index (χ0v) is 17.7. The number of rotatable bonds is 7. The first kappa shape index (κ1) is 21.3. The Bertz CT molecular complexity index is 719. The zero-order valence-electron chi connectivity index (χ0n) is 16.9. The van der Waals surface area contributed by atoms with Crippen molar-refractivity contribution in [1.29, 1.82) is 0 Å². The van der Waals surface area contributed by atoms with Crippen LogP contribution in [0.1, 0.15) is 39.5 Å². The molecule has 0 radical (unpaired) electrons. The van der Waals surface area contributed by atoms with Crippen LogP contribution in [0.5, 0.6) is 0 Å². The minimum Gasteiger partial charge on any atom is -0.356 e. The Morgan fingerprint density at radius 2 is 1.93 bits per heavy atom. The van der Waals surface area contributed by atoms with Crippen molar-refractivity contribution >= 4 is 15.9 Å². The van der Waals surface area contributed by atoms with Crippen molar-refractivity contribution in [3.8, 4) is 0 Å². The van der Waals surface area contributed by atoms with E-state index in [1.165, 1.54) is 23.3 Å². The molecule has 0 saturated carbocycles. The molecule has 28 heavy (non-hydrogen) atoms. The Hall–Kier alpha value is -1.45. The third kappa shape index (κ3) is 5.33. The molecule has 9 heteroatoms. The number of hydrogen-bond acceptors (Lipinski definition) is 5. The van der Waals surface area contributed by atoms with Crippen LogP contribution in [0.25, 0.3) is 0 Å². The van der Waals surface area contributed by atoms with E-state index >= 15 is 0 Å². The fourth-order valence-electron chi connectivity index (χ4n) is 4.51. The van der Waals surface area contributed by atoms with Gasteiger partial charge in [-0.05, 0) is 44.1 Å². The molecule has 2 aliphatic rings. The van der Waals surface area contributed by atoms with Gasteiger partial charge in [0, 0.05) is 38.6 Å². The number of aromatic nitrogens is 2. The molecular weight excluding hydrogens is 378 g/mol. The number of carbonyl (C=O) groups is 1. The number of amides is 1. The molecule has 158 valence electrons. The average Bonchev–Trinajstić information content (AvgIpc) is 3.20. The molecule has 0 aromatic carbocycles. The molecule has 0 bridgehead atoms. The molecule has 3 rings (SSSR count). The lowest BCUT2D eigenvalue weighted by molar-refractivity contribution is -0.126. The van der Waals surface area contributed by atoms with E-state index in [-0.39, 0.29) is 16.9 Å². The van der Waals surface area contributed by atoms with E-state index in [1.807, 2.05) is 0 Å². The number of hydrogen-bond donors (Lipinski definition) is 2. The molecule has 0 aliphatic carbocycles. The molecule has 0 unspecified atom stereocenters. The normalized spacial score (nSPS) is 25.6. The van der Waals surface area contributed by atoms with Crippen LogP contribution in [-0.4, -0.2) is 72.8 Å². The maximum absolute atomic E-state index is 12.5. The lowest BCUT2D eigenvalue weighted by Crippen LogP contribution is -2.43. The summed E-state index contributed by atoms with van der Waals surface area (Å²) in [6, 6.07) is 0. The van der Waals surface area contributed by atoms with Gasteiger partial charge in [0.1, 0.15) is 0 Å². The van der Waals surface area contributed by atoms with Crippen molar-refractivity contribution in [1.82, 2.24) is 24.5 Å². The minimum absolute atomic E-state index is 0.0546. The molecule has 0 spiro atoms. The molecular formula is C19H33N5O3S. The third-order valence-corrected chi connectivity index (χ3v) is 7.63. The molecule has 2 saturated heterocycles. The SMILES string of the molecule is C[C@@H]1C[C@H](C)CN(CCCNC(=O)C2CCN(S(=O)(=O)c3cnc[nH]3)CC2)C1. The Labute approximate surface area is 168 Å². The lowest BCUT2D eigenvalue weighted by Gasteiger charge is -2.35. The second-order valence-corrected chi connectivity index (χ2v) is 10.4. The van der Waals surface area contributed by atoms with E-state index in [1.54, 1.807) is 0 Å². The monoisotopic (exact) mass is 411 g/mol.